The summed E-state index contributed by atoms with van der Waals surface area (Å²) in [7, 11) is 0. The van der Waals surface area contributed by atoms with Crippen molar-refractivity contribution >= 4 is 48.9 Å². The zero-order valence-electron chi connectivity index (χ0n) is 5.37. The summed E-state index contributed by atoms with van der Waals surface area (Å²) in [6, 6.07) is 0. The maximum atomic E-state index is 8.25. The standard InChI is InChI=1S/Ba.2NO3.HNO2/c;2*2-1(3)4;2-1-3/h;;;1H/q+2;2*-1;. The molecule has 0 aromatic rings. The second-order valence-corrected chi connectivity index (χ2v) is 0.531. The van der Waals surface area contributed by atoms with Gasteiger partial charge in [-0.25, -0.2) is 0 Å². The van der Waals surface area contributed by atoms with Crippen molar-refractivity contribution in [3.05, 3.63) is 40.8 Å². The quantitative estimate of drug-likeness (QED) is 0.288. The Morgan fingerprint density at radius 2 is 0.917 bits per heavy atom. The first kappa shape index (κ1) is 22.5. The second-order valence-electron chi connectivity index (χ2n) is 0.531. The van der Waals surface area contributed by atoms with E-state index in [2.05, 4.69) is 0 Å². The molecule has 12 heteroatoms. The summed E-state index contributed by atoms with van der Waals surface area (Å²) < 4.78 is 0. The van der Waals surface area contributed by atoms with Gasteiger partial charge in [-0.05, 0) is 0 Å². The largest absolute Gasteiger partial charge is 2.00 e. The monoisotopic (exact) mass is 309 g/mol. The van der Waals surface area contributed by atoms with Gasteiger partial charge in [0.15, 0.2) is 0 Å². The molecule has 0 atom stereocenters. The molecule has 0 fully saturated rings. The Bertz CT molecular complexity index is 101. The fourth-order valence-corrected chi connectivity index (χ4v) is 0. The van der Waals surface area contributed by atoms with Crippen molar-refractivity contribution in [1.82, 2.24) is 0 Å². The zero-order chi connectivity index (χ0) is 9.86. The van der Waals surface area contributed by atoms with Crippen LogP contribution in [0.1, 0.15) is 0 Å². The van der Waals surface area contributed by atoms with Crippen molar-refractivity contribution in [3.63, 3.8) is 0 Å². The van der Waals surface area contributed by atoms with Crippen molar-refractivity contribution in [2.45, 2.75) is 0 Å². The van der Waals surface area contributed by atoms with E-state index in [9.17, 15) is 0 Å². The van der Waals surface area contributed by atoms with Crippen molar-refractivity contribution < 1.29 is 15.5 Å². The zero-order valence-corrected chi connectivity index (χ0v) is 9.81. The summed E-state index contributed by atoms with van der Waals surface area (Å²) in [6.45, 7) is 0. The third-order valence-electron chi connectivity index (χ3n) is 0. The molecule has 0 aliphatic carbocycles. The van der Waals surface area contributed by atoms with Gasteiger partial charge in [0.2, 0.25) is 0 Å². The minimum atomic E-state index is -1.75. The van der Waals surface area contributed by atoms with Gasteiger partial charge in [-0.1, -0.05) is 0 Å². The van der Waals surface area contributed by atoms with Crippen LogP contribution in [0.2, 0.25) is 0 Å². The molecule has 1 N–H and O–H groups in total. The topological polar surface area (TPSA) is 186 Å². The molecule has 0 aliphatic heterocycles. The second kappa shape index (κ2) is 22.4. The molecule has 0 aromatic heterocycles. The van der Waals surface area contributed by atoms with E-state index in [1.54, 1.807) is 0 Å². The summed E-state index contributed by atoms with van der Waals surface area (Å²) in [5.74, 6) is 0. The van der Waals surface area contributed by atoms with Crippen LogP contribution in [-0.4, -0.2) is 59.1 Å². The minimum Gasteiger partial charge on any atom is -0.356 e. The van der Waals surface area contributed by atoms with E-state index >= 15 is 0 Å². The Hall–Kier alpha value is -0.629. The van der Waals surface area contributed by atoms with E-state index in [0.29, 0.717) is 0 Å². The number of nitrogens with zero attached hydrogens (tertiary/aromatic N) is 2. The first-order valence-corrected chi connectivity index (χ1v) is 1.50. The Balaban J connectivity index is -0.0000000389. The van der Waals surface area contributed by atoms with Gasteiger partial charge in [0.05, 0.1) is 10.2 Å². The van der Waals surface area contributed by atoms with Gasteiger partial charge < -0.3 is 30.6 Å². The van der Waals surface area contributed by atoms with Gasteiger partial charge in [0.25, 0.3) is 0 Å². The predicted octanol–water partition coefficient (Wildman–Crippen LogP) is -2.53. The normalized spacial score (nSPS) is 5.00. The predicted molar refractivity (Wildman–Crippen MR) is 34.2 cm³/mol. The number of nitrogens with one attached hydrogen (secondary N) is 1. The molecule has 0 radical (unpaired) electrons. The van der Waals surface area contributed by atoms with Crippen LogP contribution in [0.3, 0.4) is 0 Å². The molecule has 0 amide bonds. The molecule has 0 saturated heterocycles. The van der Waals surface area contributed by atoms with E-state index in [0.717, 1.165) is 0 Å². The molecule has 11 nitrogen and oxygen atoms in total. The average molecular weight is 308 g/mol. The van der Waals surface area contributed by atoms with Crippen LogP contribution >= 0.6 is 0 Å². The molecular formula is HBaN3O8. The van der Waals surface area contributed by atoms with Crippen LogP contribution in [0.5, 0.6) is 0 Å². The van der Waals surface area contributed by atoms with Gasteiger partial charge in [0.1, 0.15) is 0 Å². The van der Waals surface area contributed by atoms with E-state index < -0.39 is 10.2 Å². The van der Waals surface area contributed by atoms with Crippen LogP contribution in [0.4, 0.5) is 0 Å². The Kier molecular flexibility index (Phi) is 42.1. The first-order chi connectivity index (χ1) is 4.88. The molecule has 0 saturated carbocycles. The molecule has 0 rings (SSSR count). The molecular weight excluding hydrogens is 307 g/mol. The number of rotatable bonds is 0. The van der Waals surface area contributed by atoms with Crippen LogP contribution in [-0.2, 0) is 0 Å². The van der Waals surface area contributed by atoms with Gasteiger partial charge >= 0.3 is 48.9 Å². The molecule has 66 valence electrons. The summed E-state index contributed by atoms with van der Waals surface area (Å²) >= 11 is 0. The van der Waals surface area contributed by atoms with Gasteiger partial charge in [-0.2, -0.15) is 0 Å². The van der Waals surface area contributed by atoms with E-state index in [4.69, 9.17) is 40.8 Å². The fraction of sp³-hybridized carbons (Fsp3) is 0. The maximum Gasteiger partial charge on any atom is 2.00 e. The molecule has 0 aliphatic rings. The van der Waals surface area contributed by atoms with Gasteiger partial charge in [0, 0.05) is 5.34 Å². The summed E-state index contributed by atoms with van der Waals surface area (Å²) in [5, 5.41) is 37.9. The van der Waals surface area contributed by atoms with Crippen LogP contribution in [0.15, 0.2) is 0 Å². The van der Waals surface area contributed by atoms with E-state index in [-0.39, 0.29) is 54.2 Å². The third-order valence-corrected chi connectivity index (χ3v) is 0. The molecule has 12 heavy (non-hydrogen) atoms. The summed E-state index contributed by atoms with van der Waals surface area (Å²) in [4.78, 5) is 24.6. The van der Waals surface area contributed by atoms with Gasteiger partial charge in [-0.15, -0.1) is 0 Å². The molecule has 0 spiro atoms. The van der Waals surface area contributed by atoms with Gasteiger partial charge in [-0.3, -0.25) is 10.1 Å². The van der Waals surface area contributed by atoms with Crippen LogP contribution < -0.4 is 5.34 Å². The molecule has 0 aromatic carbocycles. The Labute approximate surface area is 104 Å². The maximum absolute atomic E-state index is 8.25. The summed E-state index contributed by atoms with van der Waals surface area (Å²) in [5.41, 5.74) is 0. The Morgan fingerprint density at radius 1 is 0.917 bits per heavy atom. The molecule has 0 unspecified atom stereocenters. The van der Waals surface area contributed by atoms with Crippen molar-refractivity contribution in [1.29, 1.82) is 0 Å². The van der Waals surface area contributed by atoms with E-state index in [1.165, 1.54) is 0 Å². The minimum absolute atomic E-state index is 0. The number of hydrogen-bond acceptors (Lipinski definition) is 8. The Morgan fingerprint density at radius 3 is 0.917 bits per heavy atom. The summed E-state index contributed by atoms with van der Waals surface area (Å²) in [6.07, 6.45) is 0. The van der Waals surface area contributed by atoms with Crippen LogP contribution in [0.25, 0.3) is 0 Å². The van der Waals surface area contributed by atoms with Crippen LogP contribution in [0, 0.1) is 40.8 Å². The average Bonchev–Trinajstić information content (AvgIpc) is 1.60. The fourth-order valence-electron chi connectivity index (χ4n) is 0. The third kappa shape index (κ3) is 1660. The number of hydrogen-bond donors (Lipinski definition) is 1. The molecule has 0 bridgehead atoms. The smallest absolute Gasteiger partial charge is 0.356 e. The first-order valence-electron chi connectivity index (χ1n) is 1.50. The molecule has 0 heterocycles. The van der Waals surface area contributed by atoms with Crippen molar-refractivity contribution in [3.8, 4) is 0 Å². The van der Waals surface area contributed by atoms with Crippen molar-refractivity contribution in [2.24, 2.45) is 0 Å². The van der Waals surface area contributed by atoms with E-state index in [1.807, 2.05) is 0 Å². The SMILES string of the molecule is O=[N+]([O-])[O-].O=[N+]([O-])[O-].O=[NH+][O-].[Ba+2]. The van der Waals surface area contributed by atoms with Crippen molar-refractivity contribution in [2.75, 3.05) is 0 Å².